The molecule has 2 heterocycles. The molecule has 4 rings (SSSR count). The van der Waals surface area contributed by atoms with E-state index >= 15 is 0 Å². The van der Waals surface area contributed by atoms with Crippen LogP contribution in [-0.4, -0.2) is 43.8 Å². The zero-order chi connectivity index (χ0) is 25.0. The summed E-state index contributed by atoms with van der Waals surface area (Å²) in [5.41, 5.74) is 2.37. The Morgan fingerprint density at radius 2 is 1.83 bits per heavy atom. The van der Waals surface area contributed by atoms with Gasteiger partial charge in [0.05, 0.1) is 34.8 Å². The number of rotatable bonds is 8. The Labute approximate surface area is 211 Å². The smallest absolute Gasteiger partial charge is 0.229 e. The van der Waals surface area contributed by atoms with Gasteiger partial charge in [0.1, 0.15) is 10.8 Å². The number of aromatic nitrogens is 2. The second kappa shape index (κ2) is 10.8. The summed E-state index contributed by atoms with van der Waals surface area (Å²) in [5, 5.41) is 9.35. The van der Waals surface area contributed by atoms with E-state index in [-0.39, 0.29) is 9.92 Å². The number of hydrogen-bond donors (Lipinski definition) is 3. The first-order valence-electron chi connectivity index (χ1n) is 11.6. The quantitative estimate of drug-likeness (QED) is 0.372. The van der Waals surface area contributed by atoms with Crippen molar-refractivity contribution in [3.05, 3.63) is 59.2 Å². The topological polar surface area (TPSA) is 105 Å². The van der Waals surface area contributed by atoms with Crippen molar-refractivity contribution in [2.24, 2.45) is 0 Å². The maximum absolute atomic E-state index is 12.8. The van der Waals surface area contributed by atoms with E-state index in [0.29, 0.717) is 29.1 Å². The van der Waals surface area contributed by atoms with Crippen LogP contribution in [0.3, 0.4) is 0 Å². The van der Waals surface area contributed by atoms with Crippen LogP contribution in [0.15, 0.2) is 53.6 Å². The normalized spacial score (nSPS) is 14.7. The average Bonchev–Trinajstić information content (AvgIpc) is 2.87. The van der Waals surface area contributed by atoms with Gasteiger partial charge in [-0.05, 0) is 75.5 Å². The second-order valence-electron chi connectivity index (χ2n) is 8.71. The van der Waals surface area contributed by atoms with Crippen molar-refractivity contribution in [2.45, 2.75) is 42.8 Å². The first-order valence-corrected chi connectivity index (χ1v) is 13.5. The fourth-order valence-electron chi connectivity index (χ4n) is 4.06. The minimum atomic E-state index is -3.51. The van der Waals surface area contributed by atoms with Crippen LogP contribution in [0.1, 0.15) is 38.2 Å². The zero-order valence-electron chi connectivity index (χ0n) is 20.0. The molecule has 1 aliphatic heterocycles. The average molecular weight is 516 g/mol. The highest BCUT2D eigenvalue weighted by Gasteiger charge is 2.23. The highest BCUT2D eigenvalue weighted by molar-refractivity contribution is 7.92. The van der Waals surface area contributed by atoms with E-state index < -0.39 is 15.1 Å². The molecule has 3 N–H and O–H groups in total. The van der Waals surface area contributed by atoms with Gasteiger partial charge in [0, 0.05) is 0 Å². The molecule has 10 heteroatoms. The summed E-state index contributed by atoms with van der Waals surface area (Å²) in [6.07, 6.45) is 3.66. The van der Waals surface area contributed by atoms with E-state index in [1.54, 1.807) is 45.2 Å². The van der Waals surface area contributed by atoms with Crippen LogP contribution in [-0.2, 0) is 9.84 Å². The van der Waals surface area contributed by atoms with E-state index in [0.717, 1.165) is 31.6 Å². The molecule has 1 fully saturated rings. The van der Waals surface area contributed by atoms with Crippen molar-refractivity contribution in [1.82, 2.24) is 15.3 Å². The number of methoxy groups -OCH3 is 1. The van der Waals surface area contributed by atoms with Crippen LogP contribution in [0.25, 0.3) is 0 Å². The summed E-state index contributed by atoms with van der Waals surface area (Å²) >= 11 is 6.35. The van der Waals surface area contributed by atoms with Gasteiger partial charge in [-0.25, -0.2) is 13.4 Å². The Morgan fingerprint density at radius 3 is 2.54 bits per heavy atom. The molecule has 0 spiro atoms. The predicted molar refractivity (Wildman–Crippen MR) is 140 cm³/mol. The molecule has 0 aliphatic carbocycles. The number of sulfone groups is 1. The van der Waals surface area contributed by atoms with Gasteiger partial charge in [-0.1, -0.05) is 29.8 Å². The number of para-hydroxylation sites is 1. The van der Waals surface area contributed by atoms with E-state index in [1.165, 1.54) is 11.8 Å². The largest absolute Gasteiger partial charge is 0.495 e. The van der Waals surface area contributed by atoms with Crippen molar-refractivity contribution in [3.63, 3.8) is 0 Å². The molecule has 1 aliphatic rings. The maximum atomic E-state index is 12.8. The molecular weight excluding hydrogens is 486 g/mol. The fourth-order valence-corrected chi connectivity index (χ4v) is 5.40. The molecule has 1 aromatic heterocycles. The van der Waals surface area contributed by atoms with Crippen LogP contribution < -0.4 is 20.7 Å². The molecule has 0 unspecified atom stereocenters. The predicted octanol–water partition coefficient (Wildman–Crippen LogP) is 5.27. The van der Waals surface area contributed by atoms with Crippen molar-refractivity contribution >= 4 is 44.6 Å². The fraction of sp³-hybridized carbons (Fsp3) is 0.360. The molecule has 35 heavy (non-hydrogen) atoms. The summed E-state index contributed by atoms with van der Waals surface area (Å²) in [7, 11) is -1.87. The lowest BCUT2D eigenvalue weighted by Gasteiger charge is -2.24. The lowest BCUT2D eigenvalue weighted by Crippen LogP contribution is -2.26. The number of piperidine rings is 1. The first-order chi connectivity index (χ1) is 16.8. The second-order valence-corrected chi connectivity index (χ2v) is 11.6. The molecule has 0 saturated carbocycles. The number of nitrogens with zero attached hydrogens (tertiary/aromatic N) is 2. The van der Waals surface area contributed by atoms with E-state index in [9.17, 15) is 8.42 Å². The van der Waals surface area contributed by atoms with Crippen LogP contribution in [0.5, 0.6) is 5.75 Å². The maximum Gasteiger partial charge on any atom is 0.229 e. The SMILES string of the molecule is COc1cc(C2CCNCC2)ccc1Nc1ncc(Cl)c(Nc2ccccc2S(=O)(=O)C(C)C)n1. The Bertz CT molecular complexity index is 1290. The minimum absolute atomic E-state index is 0.189. The molecule has 2 aromatic carbocycles. The van der Waals surface area contributed by atoms with Gasteiger partial charge >= 0.3 is 0 Å². The molecule has 0 bridgehead atoms. The Morgan fingerprint density at radius 1 is 1.09 bits per heavy atom. The highest BCUT2D eigenvalue weighted by atomic mass is 35.5. The van der Waals surface area contributed by atoms with Crippen molar-refractivity contribution in [2.75, 3.05) is 30.8 Å². The van der Waals surface area contributed by atoms with E-state index in [4.69, 9.17) is 16.3 Å². The number of nitrogens with one attached hydrogen (secondary N) is 3. The van der Waals surface area contributed by atoms with Gasteiger partial charge in [-0.15, -0.1) is 0 Å². The highest BCUT2D eigenvalue weighted by Crippen LogP contribution is 2.35. The third-order valence-corrected chi connectivity index (χ3v) is 8.58. The molecule has 0 amide bonds. The first kappa shape index (κ1) is 25.2. The van der Waals surface area contributed by atoms with Gasteiger partial charge in [0.25, 0.3) is 0 Å². The van der Waals surface area contributed by atoms with Crippen LogP contribution in [0.2, 0.25) is 5.02 Å². The van der Waals surface area contributed by atoms with Gasteiger partial charge in [-0.2, -0.15) is 4.98 Å². The lowest BCUT2D eigenvalue weighted by molar-refractivity contribution is 0.413. The third-order valence-electron chi connectivity index (χ3n) is 6.09. The Balaban J connectivity index is 1.60. The van der Waals surface area contributed by atoms with Gasteiger partial charge in [0.15, 0.2) is 15.7 Å². The van der Waals surface area contributed by atoms with Gasteiger partial charge in [0.2, 0.25) is 5.95 Å². The molecular formula is C25H30ClN5O3S. The molecule has 8 nitrogen and oxygen atoms in total. The van der Waals surface area contributed by atoms with Crippen molar-refractivity contribution < 1.29 is 13.2 Å². The Kier molecular flexibility index (Phi) is 7.78. The van der Waals surface area contributed by atoms with Crippen molar-refractivity contribution in [1.29, 1.82) is 0 Å². The molecule has 0 radical (unpaired) electrons. The summed E-state index contributed by atoms with van der Waals surface area (Å²) in [6, 6.07) is 12.8. The summed E-state index contributed by atoms with van der Waals surface area (Å²) in [6.45, 7) is 5.33. The van der Waals surface area contributed by atoms with Crippen molar-refractivity contribution in [3.8, 4) is 5.75 Å². The van der Waals surface area contributed by atoms with E-state index in [2.05, 4.69) is 38.1 Å². The molecule has 0 atom stereocenters. The number of benzene rings is 2. The summed E-state index contributed by atoms with van der Waals surface area (Å²) in [4.78, 5) is 8.97. The number of hydrogen-bond acceptors (Lipinski definition) is 8. The number of halogens is 1. The minimum Gasteiger partial charge on any atom is -0.495 e. The number of ether oxygens (including phenoxy) is 1. The van der Waals surface area contributed by atoms with Gasteiger partial charge in [-0.3, -0.25) is 0 Å². The molecule has 186 valence electrons. The molecule has 3 aromatic rings. The van der Waals surface area contributed by atoms with Crippen LogP contribution in [0.4, 0.5) is 23.1 Å². The summed E-state index contributed by atoms with van der Waals surface area (Å²) < 4.78 is 31.3. The van der Waals surface area contributed by atoms with E-state index in [1.807, 2.05) is 6.07 Å². The number of anilines is 4. The zero-order valence-corrected chi connectivity index (χ0v) is 21.6. The third kappa shape index (κ3) is 5.69. The van der Waals surface area contributed by atoms with Crippen LogP contribution >= 0.6 is 11.6 Å². The molecule has 1 saturated heterocycles. The monoisotopic (exact) mass is 515 g/mol. The van der Waals surface area contributed by atoms with Crippen LogP contribution in [0, 0.1) is 0 Å². The standard InChI is InChI=1S/C25H30ClN5O3S/c1-16(2)35(32,33)23-7-5-4-6-21(23)29-24-19(26)15-28-25(31-24)30-20-9-8-18(14-22(20)34-3)17-10-12-27-13-11-17/h4-9,14-17,27H,10-13H2,1-3H3,(H2,28,29,30,31). The Hall–Kier alpha value is -2.88. The summed E-state index contributed by atoms with van der Waals surface area (Å²) in [5.74, 6) is 1.79. The van der Waals surface area contributed by atoms with Gasteiger partial charge < -0.3 is 20.7 Å². The lowest BCUT2D eigenvalue weighted by atomic mass is 9.90.